The zero-order chi connectivity index (χ0) is 14.9. The molecule has 0 fully saturated rings. The fraction of sp³-hybridized carbons (Fsp3) is 0.231. The maximum Gasteiger partial charge on any atom is 0.451 e. The number of rotatable bonds is 2. The van der Waals surface area contributed by atoms with Gasteiger partial charge in [0.1, 0.15) is 11.6 Å². The number of halogens is 3. The first kappa shape index (κ1) is 14.1. The third kappa shape index (κ3) is 3.17. The Kier molecular flexibility index (Phi) is 3.52. The van der Waals surface area contributed by atoms with E-state index in [1.54, 1.807) is 6.07 Å². The van der Waals surface area contributed by atoms with Crippen molar-refractivity contribution in [3.63, 3.8) is 0 Å². The number of alkyl halides is 3. The first-order valence-corrected chi connectivity index (χ1v) is 5.82. The van der Waals surface area contributed by atoms with Gasteiger partial charge in [0.15, 0.2) is 0 Å². The standard InChI is InChI=1S/C13H13F3N4/c1-7-3-4-9(8(2)5-7)18-11-6-10(17)19-12(20-11)13(14,15)16/h3-6H,1-2H3,(H3,17,18,19,20). The zero-order valence-electron chi connectivity index (χ0n) is 10.9. The summed E-state index contributed by atoms with van der Waals surface area (Å²) in [7, 11) is 0. The molecule has 0 bridgehead atoms. The number of aromatic nitrogens is 2. The number of aryl methyl sites for hydroxylation is 2. The van der Waals surface area contributed by atoms with E-state index < -0.39 is 12.0 Å². The minimum Gasteiger partial charge on any atom is -0.384 e. The van der Waals surface area contributed by atoms with Crippen LogP contribution in [-0.2, 0) is 6.18 Å². The fourth-order valence-corrected chi connectivity index (χ4v) is 1.75. The van der Waals surface area contributed by atoms with Crippen LogP contribution in [-0.4, -0.2) is 9.97 Å². The average molecular weight is 282 g/mol. The molecule has 0 saturated carbocycles. The van der Waals surface area contributed by atoms with Crippen LogP contribution in [0.4, 0.5) is 30.5 Å². The van der Waals surface area contributed by atoms with Crippen molar-refractivity contribution < 1.29 is 13.2 Å². The van der Waals surface area contributed by atoms with Crippen LogP contribution in [0.25, 0.3) is 0 Å². The van der Waals surface area contributed by atoms with Gasteiger partial charge in [0.05, 0.1) is 0 Å². The van der Waals surface area contributed by atoms with Gasteiger partial charge in [-0.3, -0.25) is 0 Å². The van der Waals surface area contributed by atoms with Crippen LogP contribution in [0.15, 0.2) is 24.3 Å². The Hall–Kier alpha value is -2.31. The maximum atomic E-state index is 12.6. The van der Waals surface area contributed by atoms with Crippen molar-refractivity contribution in [1.29, 1.82) is 0 Å². The van der Waals surface area contributed by atoms with Gasteiger partial charge in [0.2, 0.25) is 5.82 Å². The molecule has 0 aliphatic rings. The number of hydrogen-bond donors (Lipinski definition) is 2. The molecule has 4 nitrogen and oxygen atoms in total. The molecule has 0 radical (unpaired) electrons. The second kappa shape index (κ2) is 4.99. The molecule has 2 aromatic rings. The molecule has 0 amide bonds. The molecule has 2 rings (SSSR count). The van der Waals surface area contributed by atoms with Gasteiger partial charge in [-0.25, -0.2) is 9.97 Å². The minimum atomic E-state index is -4.63. The van der Waals surface area contributed by atoms with E-state index in [2.05, 4.69) is 15.3 Å². The third-order valence-corrected chi connectivity index (χ3v) is 2.64. The van der Waals surface area contributed by atoms with Gasteiger partial charge >= 0.3 is 6.18 Å². The van der Waals surface area contributed by atoms with Crippen molar-refractivity contribution in [2.45, 2.75) is 20.0 Å². The summed E-state index contributed by atoms with van der Waals surface area (Å²) in [5.41, 5.74) is 8.01. The number of benzene rings is 1. The highest BCUT2D eigenvalue weighted by molar-refractivity contribution is 5.62. The van der Waals surface area contributed by atoms with Gasteiger partial charge in [-0.15, -0.1) is 0 Å². The van der Waals surface area contributed by atoms with Crippen LogP contribution in [0.2, 0.25) is 0 Å². The van der Waals surface area contributed by atoms with Crippen LogP contribution in [0.3, 0.4) is 0 Å². The lowest BCUT2D eigenvalue weighted by molar-refractivity contribution is -0.144. The molecule has 3 N–H and O–H groups in total. The van der Waals surface area contributed by atoms with E-state index in [-0.39, 0.29) is 11.6 Å². The number of nitrogens with two attached hydrogens (primary N) is 1. The number of nitrogens with one attached hydrogen (secondary N) is 1. The van der Waals surface area contributed by atoms with Crippen LogP contribution < -0.4 is 11.1 Å². The Bertz CT molecular complexity index is 638. The largest absolute Gasteiger partial charge is 0.451 e. The molecule has 0 spiro atoms. The Morgan fingerprint density at radius 1 is 1.10 bits per heavy atom. The van der Waals surface area contributed by atoms with E-state index in [9.17, 15) is 13.2 Å². The molecule has 0 aliphatic carbocycles. The van der Waals surface area contributed by atoms with Crippen molar-refractivity contribution in [1.82, 2.24) is 9.97 Å². The van der Waals surface area contributed by atoms with E-state index in [1.165, 1.54) is 6.07 Å². The van der Waals surface area contributed by atoms with E-state index in [0.717, 1.165) is 11.1 Å². The normalized spacial score (nSPS) is 11.4. The van der Waals surface area contributed by atoms with Crippen LogP contribution >= 0.6 is 0 Å². The Labute approximate surface area is 113 Å². The summed E-state index contributed by atoms with van der Waals surface area (Å²) in [6.45, 7) is 3.78. The zero-order valence-corrected chi connectivity index (χ0v) is 10.9. The van der Waals surface area contributed by atoms with Crippen LogP contribution in [0.5, 0.6) is 0 Å². The molecule has 1 aromatic carbocycles. The predicted molar refractivity (Wildman–Crippen MR) is 70.6 cm³/mol. The lowest BCUT2D eigenvalue weighted by Crippen LogP contribution is -2.13. The highest BCUT2D eigenvalue weighted by Crippen LogP contribution is 2.29. The first-order chi connectivity index (χ1) is 9.25. The lowest BCUT2D eigenvalue weighted by atomic mass is 10.1. The SMILES string of the molecule is Cc1ccc(Nc2cc(N)nc(C(F)(F)F)n2)c(C)c1. The van der Waals surface area contributed by atoms with Crippen molar-refractivity contribution in [2.24, 2.45) is 0 Å². The van der Waals surface area contributed by atoms with Crippen molar-refractivity contribution in [2.75, 3.05) is 11.1 Å². The molecule has 1 aromatic heterocycles. The smallest absolute Gasteiger partial charge is 0.384 e. The molecule has 1 heterocycles. The molecular weight excluding hydrogens is 269 g/mol. The summed E-state index contributed by atoms with van der Waals surface area (Å²) >= 11 is 0. The molecule has 7 heteroatoms. The number of nitrogen functional groups attached to an aromatic ring is 1. The second-order valence-corrected chi connectivity index (χ2v) is 4.44. The van der Waals surface area contributed by atoms with Crippen LogP contribution in [0.1, 0.15) is 17.0 Å². The minimum absolute atomic E-state index is 0.0109. The highest BCUT2D eigenvalue weighted by Gasteiger charge is 2.35. The van der Waals surface area contributed by atoms with E-state index >= 15 is 0 Å². The maximum absolute atomic E-state index is 12.6. The summed E-state index contributed by atoms with van der Waals surface area (Å²) in [4.78, 5) is 6.62. The van der Waals surface area contributed by atoms with Gasteiger partial charge in [0, 0.05) is 11.8 Å². The molecule has 0 unspecified atom stereocenters. The summed E-state index contributed by atoms with van der Waals surface area (Å²) in [5, 5.41) is 2.82. The summed E-state index contributed by atoms with van der Waals surface area (Å²) in [6.07, 6.45) is -4.63. The number of anilines is 3. The van der Waals surface area contributed by atoms with E-state index in [0.29, 0.717) is 5.69 Å². The number of nitrogens with zero attached hydrogens (tertiary/aromatic N) is 2. The second-order valence-electron chi connectivity index (χ2n) is 4.44. The average Bonchev–Trinajstić information content (AvgIpc) is 2.31. The molecular formula is C13H13F3N4. The summed E-state index contributed by atoms with van der Waals surface area (Å²) < 4.78 is 37.8. The predicted octanol–water partition coefficient (Wildman–Crippen LogP) is 3.44. The Morgan fingerprint density at radius 3 is 2.40 bits per heavy atom. The molecule has 20 heavy (non-hydrogen) atoms. The Morgan fingerprint density at radius 2 is 1.80 bits per heavy atom. The third-order valence-electron chi connectivity index (χ3n) is 2.64. The Balaban J connectivity index is 2.36. The quantitative estimate of drug-likeness (QED) is 0.885. The molecule has 0 saturated heterocycles. The van der Waals surface area contributed by atoms with Gasteiger partial charge in [0.25, 0.3) is 0 Å². The van der Waals surface area contributed by atoms with Crippen LogP contribution in [0, 0.1) is 13.8 Å². The van der Waals surface area contributed by atoms with Gasteiger partial charge < -0.3 is 11.1 Å². The molecule has 0 atom stereocenters. The van der Waals surface area contributed by atoms with E-state index in [1.807, 2.05) is 26.0 Å². The van der Waals surface area contributed by atoms with Gasteiger partial charge in [-0.1, -0.05) is 17.7 Å². The van der Waals surface area contributed by atoms with Gasteiger partial charge in [-0.05, 0) is 25.5 Å². The molecule has 106 valence electrons. The number of hydrogen-bond acceptors (Lipinski definition) is 4. The molecule has 0 aliphatic heterocycles. The topological polar surface area (TPSA) is 63.8 Å². The highest BCUT2D eigenvalue weighted by atomic mass is 19.4. The monoisotopic (exact) mass is 282 g/mol. The van der Waals surface area contributed by atoms with Crippen molar-refractivity contribution >= 4 is 17.3 Å². The summed E-state index contributed by atoms with van der Waals surface area (Å²) in [6, 6.07) is 6.80. The van der Waals surface area contributed by atoms with Crippen molar-refractivity contribution in [3.05, 3.63) is 41.2 Å². The van der Waals surface area contributed by atoms with E-state index in [4.69, 9.17) is 5.73 Å². The van der Waals surface area contributed by atoms with Crippen molar-refractivity contribution in [3.8, 4) is 0 Å². The lowest BCUT2D eigenvalue weighted by Gasteiger charge is -2.12. The fourth-order valence-electron chi connectivity index (χ4n) is 1.75. The van der Waals surface area contributed by atoms with Gasteiger partial charge in [-0.2, -0.15) is 13.2 Å². The first-order valence-electron chi connectivity index (χ1n) is 5.82. The summed E-state index contributed by atoms with van der Waals surface area (Å²) in [5.74, 6) is -1.49.